The van der Waals surface area contributed by atoms with E-state index in [0.29, 0.717) is 17.3 Å². The van der Waals surface area contributed by atoms with E-state index in [1.807, 2.05) is 0 Å². The minimum absolute atomic E-state index is 0.00490. The maximum Gasteiger partial charge on any atom is 0.573 e. The number of nitrogens with one attached hydrogen (secondary N) is 1. The van der Waals surface area contributed by atoms with Crippen LogP contribution < -0.4 is 14.8 Å². The predicted octanol–water partition coefficient (Wildman–Crippen LogP) is 4.28. The molecule has 27 heavy (non-hydrogen) atoms. The third-order valence-corrected chi connectivity index (χ3v) is 3.33. The summed E-state index contributed by atoms with van der Waals surface area (Å²) >= 11 is 0. The number of rotatable bonds is 7. The Morgan fingerprint density at radius 1 is 1.00 bits per heavy atom. The first-order valence-corrected chi connectivity index (χ1v) is 7.77. The number of carbonyl (C=O) groups excluding carboxylic acids is 1. The lowest BCUT2D eigenvalue weighted by Gasteiger charge is -2.09. The summed E-state index contributed by atoms with van der Waals surface area (Å²) in [6.07, 6.45) is -3.24. The molecule has 0 radical (unpaired) electrons. The average Bonchev–Trinajstić information content (AvgIpc) is 3.29. The van der Waals surface area contributed by atoms with Crippen molar-refractivity contribution in [3.8, 4) is 11.5 Å². The molecule has 0 saturated heterocycles. The van der Waals surface area contributed by atoms with Crippen LogP contribution >= 0.6 is 0 Å². The second kappa shape index (κ2) is 7.90. The van der Waals surface area contributed by atoms with Gasteiger partial charge in [-0.25, -0.2) is 0 Å². The van der Waals surface area contributed by atoms with E-state index in [9.17, 15) is 18.0 Å². The lowest BCUT2D eigenvalue weighted by atomic mass is 10.3. The van der Waals surface area contributed by atoms with Crippen molar-refractivity contribution in [2.75, 3.05) is 0 Å². The number of hydrogen-bond acceptors (Lipinski definition) is 5. The first-order chi connectivity index (χ1) is 12.9. The number of amides is 1. The van der Waals surface area contributed by atoms with Crippen molar-refractivity contribution in [2.45, 2.75) is 19.5 Å². The molecular formula is C18H14F3NO5. The molecule has 0 fully saturated rings. The molecule has 0 aliphatic rings. The molecule has 6 nitrogen and oxygen atoms in total. The van der Waals surface area contributed by atoms with E-state index in [1.165, 1.54) is 24.5 Å². The molecule has 3 rings (SSSR count). The van der Waals surface area contributed by atoms with Gasteiger partial charge in [0.2, 0.25) is 0 Å². The highest BCUT2D eigenvalue weighted by atomic mass is 19.4. The molecule has 2 heterocycles. The number of ether oxygens (including phenoxy) is 2. The molecule has 0 aliphatic heterocycles. The molecule has 3 aromatic rings. The Morgan fingerprint density at radius 3 is 2.41 bits per heavy atom. The fourth-order valence-corrected chi connectivity index (χ4v) is 2.14. The van der Waals surface area contributed by atoms with Crippen LogP contribution in [0.25, 0.3) is 0 Å². The van der Waals surface area contributed by atoms with Crippen LogP contribution in [0.15, 0.2) is 63.6 Å². The standard InChI is InChI=1S/C18H14F3NO5/c19-18(20,21)27-13-5-3-12(4-6-13)25-11-15-7-8-16(26-15)17(23)22-10-14-2-1-9-24-14/h1-9H,10-11H2,(H,22,23). The van der Waals surface area contributed by atoms with Gasteiger partial charge < -0.3 is 23.6 Å². The van der Waals surface area contributed by atoms with Gasteiger partial charge in [-0.3, -0.25) is 4.79 Å². The van der Waals surface area contributed by atoms with Crippen LogP contribution in [0.4, 0.5) is 13.2 Å². The number of carbonyl (C=O) groups is 1. The third kappa shape index (κ3) is 5.56. The smallest absolute Gasteiger partial charge is 0.486 e. The van der Waals surface area contributed by atoms with Crippen LogP contribution in [0.2, 0.25) is 0 Å². The summed E-state index contributed by atoms with van der Waals surface area (Å²) < 4.78 is 56.0. The normalized spacial score (nSPS) is 11.2. The maximum atomic E-state index is 12.1. The summed E-state index contributed by atoms with van der Waals surface area (Å²) in [7, 11) is 0. The lowest BCUT2D eigenvalue weighted by Crippen LogP contribution is -2.21. The van der Waals surface area contributed by atoms with Gasteiger partial charge in [0.1, 0.15) is 29.6 Å². The second-order valence-corrected chi connectivity index (χ2v) is 5.34. The van der Waals surface area contributed by atoms with Gasteiger partial charge in [-0.2, -0.15) is 0 Å². The zero-order chi connectivity index (χ0) is 19.3. The second-order valence-electron chi connectivity index (χ2n) is 5.34. The van der Waals surface area contributed by atoms with E-state index in [0.717, 1.165) is 12.1 Å². The van der Waals surface area contributed by atoms with Crippen LogP contribution in [0.1, 0.15) is 22.1 Å². The first-order valence-electron chi connectivity index (χ1n) is 7.77. The fraction of sp³-hybridized carbons (Fsp3) is 0.167. The van der Waals surface area contributed by atoms with Gasteiger partial charge in [0, 0.05) is 0 Å². The fourth-order valence-electron chi connectivity index (χ4n) is 2.14. The van der Waals surface area contributed by atoms with E-state index in [4.69, 9.17) is 13.6 Å². The van der Waals surface area contributed by atoms with Gasteiger partial charge in [0.15, 0.2) is 5.76 Å². The largest absolute Gasteiger partial charge is 0.573 e. The highest BCUT2D eigenvalue weighted by Crippen LogP contribution is 2.25. The van der Waals surface area contributed by atoms with Crippen molar-refractivity contribution >= 4 is 5.91 Å². The van der Waals surface area contributed by atoms with Gasteiger partial charge in [0.25, 0.3) is 5.91 Å². The maximum absolute atomic E-state index is 12.1. The molecule has 142 valence electrons. The van der Waals surface area contributed by atoms with Crippen LogP contribution in [0.5, 0.6) is 11.5 Å². The predicted molar refractivity (Wildman–Crippen MR) is 86.0 cm³/mol. The molecular weight excluding hydrogens is 367 g/mol. The van der Waals surface area contributed by atoms with E-state index >= 15 is 0 Å². The lowest BCUT2D eigenvalue weighted by molar-refractivity contribution is -0.274. The van der Waals surface area contributed by atoms with Gasteiger partial charge in [0.05, 0.1) is 12.8 Å². The minimum atomic E-state index is -4.75. The summed E-state index contributed by atoms with van der Waals surface area (Å²) in [5.41, 5.74) is 0. The summed E-state index contributed by atoms with van der Waals surface area (Å²) in [4.78, 5) is 12.0. The van der Waals surface area contributed by atoms with Crippen molar-refractivity contribution in [2.24, 2.45) is 0 Å². The Morgan fingerprint density at radius 2 is 1.74 bits per heavy atom. The highest BCUT2D eigenvalue weighted by Gasteiger charge is 2.30. The quantitative estimate of drug-likeness (QED) is 0.661. The van der Waals surface area contributed by atoms with Gasteiger partial charge in [-0.15, -0.1) is 13.2 Å². The molecule has 1 N–H and O–H groups in total. The number of alkyl halides is 3. The highest BCUT2D eigenvalue weighted by molar-refractivity contribution is 5.91. The third-order valence-electron chi connectivity index (χ3n) is 3.33. The van der Waals surface area contributed by atoms with Crippen LogP contribution in [-0.4, -0.2) is 12.3 Å². The van der Waals surface area contributed by atoms with Crippen molar-refractivity contribution < 1.29 is 36.3 Å². The van der Waals surface area contributed by atoms with E-state index < -0.39 is 12.3 Å². The molecule has 0 saturated carbocycles. The van der Waals surface area contributed by atoms with Crippen molar-refractivity contribution in [1.82, 2.24) is 5.32 Å². The summed E-state index contributed by atoms with van der Waals surface area (Å²) in [5, 5.41) is 2.64. The van der Waals surface area contributed by atoms with Crippen LogP contribution in [0, 0.1) is 0 Å². The van der Waals surface area contributed by atoms with Crippen LogP contribution in [0.3, 0.4) is 0 Å². The van der Waals surface area contributed by atoms with E-state index in [1.54, 1.807) is 18.2 Å². The Kier molecular flexibility index (Phi) is 5.39. The molecule has 2 aromatic heterocycles. The average molecular weight is 381 g/mol. The van der Waals surface area contributed by atoms with E-state index in [2.05, 4.69) is 10.1 Å². The molecule has 1 aromatic carbocycles. The molecule has 0 unspecified atom stereocenters. The summed E-state index contributed by atoms with van der Waals surface area (Å²) in [6.45, 7) is 0.232. The molecule has 0 bridgehead atoms. The van der Waals surface area contributed by atoms with Gasteiger partial charge in [-0.05, 0) is 48.5 Å². The molecule has 0 spiro atoms. The summed E-state index contributed by atoms with van der Waals surface area (Å²) in [6, 6.07) is 11.5. The monoisotopic (exact) mass is 381 g/mol. The number of benzene rings is 1. The molecule has 9 heteroatoms. The molecule has 0 aliphatic carbocycles. The van der Waals surface area contributed by atoms with Gasteiger partial charge in [-0.1, -0.05) is 0 Å². The number of hydrogen-bond donors (Lipinski definition) is 1. The molecule has 0 atom stereocenters. The SMILES string of the molecule is O=C(NCc1ccco1)c1ccc(COc2ccc(OC(F)(F)F)cc2)o1. The minimum Gasteiger partial charge on any atom is -0.486 e. The van der Waals surface area contributed by atoms with Gasteiger partial charge >= 0.3 is 6.36 Å². The van der Waals surface area contributed by atoms with E-state index in [-0.39, 0.29) is 24.7 Å². The van der Waals surface area contributed by atoms with Crippen molar-refractivity contribution in [3.63, 3.8) is 0 Å². The Bertz CT molecular complexity index is 869. The number of furan rings is 2. The number of halogens is 3. The first kappa shape index (κ1) is 18.4. The van der Waals surface area contributed by atoms with Crippen molar-refractivity contribution in [3.05, 3.63) is 72.1 Å². The zero-order valence-electron chi connectivity index (χ0n) is 13.8. The Balaban J connectivity index is 1.49. The topological polar surface area (TPSA) is 73.8 Å². The summed E-state index contributed by atoms with van der Waals surface area (Å²) in [5.74, 6) is 0.665. The Hall–Kier alpha value is -3.36. The van der Waals surface area contributed by atoms with Crippen LogP contribution in [-0.2, 0) is 13.2 Å². The van der Waals surface area contributed by atoms with Crippen molar-refractivity contribution in [1.29, 1.82) is 0 Å². The Labute approximate surface area is 151 Å². The molecule has 1 amide bonds. The zero-order valence-corrected chi connectivity index (χ0v) is 13.8.